The highest BCUT2D eigenvalue weighted by Gasteiger charge is 2.36. The fraction of sp³-hybridized carbons (Fsp3) is 0.200. The third-order valence-electron chi connectivity index (χ3n) is 4.81. The zero-order chi connectivity index (χ0) is 17.4. The van der Waals surface area contributed by atoms with Gasteiger partial charge in [0.1, 0.15) is 6.04 Å². The van der Waals surface area contributed by atoms with Gasteiger partial charge in [-0.2, -0.15) is 0 Å². The van der Waals surface area contributed by atoms with E-state index >= 15 is 0 Å². The van der Waals surface area contributed by atoms with Crippen LogP contribution < -0.4 is 0 Å². The third kappa shape index (κ3) is 2.89. The SMILES string of the molecule is CC(c1ccccc1)N1Cc2cncn2C(c2ccc(Br)cc2)C1=O. The maximum Gasteiger partial charge on any atom is 0.251 e. The molecule has 4 nitrogen and oxygen atoms in total. The summed E-state index contributed by atoms with van der Waals surface area (Å²) >= 11 is 3.46. The summed E-state index contributed by atoms with van der Waals surface area (Å²) in [6.07, 6.45) is 3.60. The van der Waals surface area contributed by atoms with E-state index in [1.807, 2.05) is 58.1 Å². The van der Waals surface area contributed by atoms with Crippen molar-refractivity contribution in [2.24, 2.45) is 0 Å². The van der Waals surface area contributed by atoms with Gasteiger partial charge in [-0.25, -0.2) is 4.98 Å². The molecule has 0 aliphatic carbocycles. The Bertz CT molecular complexity index is 889. The summed E-state index contributed by atoms with van der Waals surface area (Å²) in [5.74, 6) is 0.101. The molecule has 0 fully saturated rings. The van der Waals surface area contributed by atoms with E-state index in [2.05, 4.69) is 40.0 Å². The average Bonchev–Trinajstić information content (AvgIpc) is 3.10. The second-order valence-electron chi connectivity index (χ2n) is 6.30. The average molecular weight is 396 g/mol. The van der Waals surface area contributed by atoms with Crippen LogP contribution in [0, 0.1) is 0 Å². The van der Waals surface area contributed by atoms with Gasteiger partial charge in [-0.15, -0.1) is 0 Å². The van der Waals surface area contributed by atoms with Crippen LogP contribution in [0.2, 0.25) is 0 Å². The van der Waals surface area contributed by atoms with Gasteiger partial charge in [0.25, 0.3) is 5.91 Å². The number of hydrogen-bond donors (Lipinski definition) is 0. The van der Waals surface area contributed by atoms with Crippen molar-refractivity contribution >= 4 is 21.8 Å². The third-order valence-corrected chi connectivity index (χ3v) is 5.34. The number of fused-ring (bicyclic) bond motifs is 1. The maximum atomic E-state index is 13.4. The highest BCUT2D eigenvalue weighted by atomic mass is 79.9. The summed E-state index contributed by atoms with van der Waals surface area (Å²) in [5, 5.41) is 0. The molecule has 0 radical (unpaired) electrons. The molecule has 1 aliphatic rings. The topological polar surface area (TPSA) is 38.1 Å². The highest BCUT2D eigenvalue weighted by molar-refractivity contribution is 9.10. The molecule has 0 bridgehead atoms. The van der Waals surface area contributed by atoms with Crippen molar-refractivity contribution in [2.75, 3.05) is 0 Å². The predicted octanol–water partition coefficient (Wildman–Crippen LogP) is 4.34. The molecule has 2 aromatic carbocycles. The first-order valence-electron chi connectivity index (χ1n) is 8.27. The summed E-state index contributed by atoms with van der Waals surface area (Å²) in [4.78, 5) is 19.6. The van der Waals surface area contributed by atoms with E-state index in [1.54, 1.807) is 6.33 Å². The molecular weight excluding hydrogens is 378 g/mol. The van der Waals surface area contributed by atoms with E-state index in [0.717, 1.165) is 21.3 Å². The maximum absolute atomic E-state index is 13.4. The number of halogens is 1. The number of imidazole rings is 1. The molecule has 5 heteroatoms. The Hall–Kier alpha value is -2.40. The Balaban J connectivity index is 1.75. The number of amides is 1. The molecule has 25 heavy (non-hydrogen) atoms. The first kappa shape index (κ1) is 16.1. The van der Waals surface area contributed by atoms with Gasteiger partial charge in [-0.3, -0.25) is 4.79 Å². The zero-order valence-electron chi connectivity index (χ0n) is 13.8. The second kappa shape index (κ2) is 6.48. The van der Waals surface area contributed by atoms with Gasteiger partial charge in [0.05, 0.1) is 24.6 Å². The van der Waals surface area contributed by atoms with Crippen LogP contribution in [-0.2, 0) is 11.3 Å². The number of carbonyl (C=O) groups excluding carboxylic acids is 1. The van der Waals surface area contributed by atoms with E-state index in [4.69, 9.17) is 0 Å². The van der Waals surface area contributed by atoms with Gasteiger partial charge in [0.15, 0.2) is 0 Å². The Morgan fingerprint density at radius 3 is 2.56 bits per heavy atom. The summed E-state index contributed by atoms with van der Waals surface area (Å²) in [6, 6.07) is 17.7. The molecule has 2 unspecified atom stereocenters. The summed E-state index contributed by atoms with van der Waals surface area (Å²) in [6.45, 7) is 2.65. The van der Waals surface area contributed by atoms with Gasteiger partial charge >= 0.3 is 0 Å². The number of benzene rings is 2. The van der Waals surface area contributed by atoms with Crippen LogP contribution in [-0.4, -0.2) is 20.4 Å². The number of rotatable bonds is 3. The smallest absolute Gasteiger partial charge is 0.251 e. The summed E-state index contributed by atoms with van der Waals surface area (Å²) < 4.78 is 2.99. The molecule has 0 N–H and O–H groups in total. The van der Waals surface area contributed by atoms with E-state index in [9.17, 15) is 4.79 Å². The predicted molar refractivity (Wildman–Crippen MR) is 99.9 cm³/mol. The molecule has 2 atom stereocenters. The Morgan fingerprint density at radius 1 is 1.12 bits per heavy atom. The summed E-state index contributed by atoms with van der Waals surface area (Å²) in [7, 11) is 0. The minimum absolute atomic E-state index is 0.00954. The Kier molecular flexibility index (Phi) is 4.17. The number of nitrogens with zero attached hydrogens (tertiary/aromatic N) is 3. The van der Waals surface area contributed by atoms with E-state index < -0.39 is 0 Å². The van der Waals surface area contributed by atoms with Crippen LogP contribution in [0.25, 0.3) is 0 Å². The molecule has 1 aliphatic heterocycles. The lowest BCUT2D eigenvalue weighted by atomic mass is 9.99. The van der Waals surface area contributed by atoms with Crippen molar-refractivity contribution in [3.8, 4) is 0 Å². The molecule has 2 heterocycles. The standard InChI is InChI=1S/C20H18BrN3O/c1-14(15-5-3-2-4-6-15)23-12-18-11-22-13-24(18)19(20(23)25)16-7-9-17(21)10-8-16/h2-11,13-14,19H,12H2,1H3. The Morgan fingerprint density at radius 2 is 1.84 bits per heavy atom. The molecule has 0 saturated heterocycles. The van der Waals surface area contributed by atoms with Gasteiger partial charge < -0.3 is 9.47 Å². The van der Waals surface area contributed by atoms with Crippen molar-refractivity contribution in [3.63, 3.8) is 0 Å². The molecule has 0 saturated carbocycles. The lowest BCUT2D eigenvalue weighted by Gasteiger charge is -2.38. The van der Waals surface area contributed by atoms with Crippen molar-refractivity contribution in [1.29, 1.82) is 0 Å². The zero-order valence-corrected chi connectivity index (χ0v) is 15.4. The molecule has 3 aromatic rings. The van der Waals surface area contributed by atoms with Crippen molar-refractivity contribution < 1.29 is 4.79 Å². The van der Waals surface area contributed by atoms with Crippen molar-refractivity contribution in [1.82, 2.24) is 14.5 Å². The lowest BCUT2D eigenvalue weighted by molar-refractivity contribution is -0.138. The fourth-order valence-corrected chi connectivity index (χ4v) is 3.67. The number of aromatic nitrogens is 2. The fourth-order valence-electron chi connectivity index (χ4n) is 3.40. The monoisotopic (exact) mass is 395 g/mol. The van der Waals surface area contributed by atoms with Crippen molar-refractivity contribution in [3.05, 3.63) is 88.4 Å². The van der Waals surface area contributed by atoms with Gasteiger partial charge in [-0.1, -0.05) is 58.4 Å². The summed E-state index contributed by atoms with van der Waals surface area (Å²) in [5.41, 5.74) is 3.16. The van der Waals surface area contributed by atoms with Crippen LogP contribution in [0.4, 0.5) is 0 Å². The quantitative estimate of drug-likeness (QED) is 0.661. The normalized spacial score (nSPS) is 18.1. The van der Waals surface area contributed by atoms with Crippen LogP contribution in [0.3, 0.4) is 0 Å². The molecule has 0 spiro atoms. The van der Waals surface area contributed by atoms with Crippen LogP contribution >= 0.6 is 15.9 Å². The first-order chi connectivity index (χ1) is 12.1. The largest absolute Gasteiger partial charge is 0.328 e. The van der Waals surface area contributed by atoms with E-state index in [-0.39, 0.29) is 18.0 Å². The minimum atomic E-state index is -0.370. The van der Waals surface area contributed by atoms with E-state index in [0.29, 0.717) is 6.54 Å². The molecule has 126 valence electrons. The van der Waals surface area contributed by atoms with Crippen LogP contribution in [0.5, 0.6) is 0 Å². The second-order valence-corrected chi connectivity index (χ2v) is 7.21. The molecule has 1 amide bonds. The van der Waals surface area contributed by atoms with Crippen LogP contribution in [0.15, 0.2) is 71.6 Å². The number of carbonyl (C=O) groups is 1. The first-order valence-corrected chi connectivity index (χ1v) is 9.06. The molecule has 4 rings (SSSR count). The lowest BCUT2D eigenvalue weighted by Crippen LogP contribution is -2.43. The van der Waals surface area contributed by atoms with Gasteiger partial charge in [-0.05, 0) is 30.2 Å². The Labute approximate surface area is 155 Å². The highest BCUT2D eigenvalue weighted by Crippen LogP contribution is 2.33. The van der Waals surface area contributed by atoms with Crippen molar-refractivity contribution in [2.45, 2.75) is 25.6 Å². The minimum Gasteiger partial charge on any atom is -0.328 e. The van der Waals surface area contributed by atoms with E-state index in [1.165, 1.54) is 0 Å². The van der Waals surface area contributed by atoms with Gasteiger partial charge in [0.2, 0.25) is 0 Å². The molecule has 1 aromatic heterocycles. The van der Waals surface area contributed by atoms with Crippen LogP contribution in [0.1, 0.15) is 35.8 Å². The van der Waals surface area contributed by atoms with Gasteiger partial charge in [0, 0.05) is 10.7 Å². The number of hydrogen-bond acceptors (Lipinski definition) is 2. The molecular formula is C20H18BrN3O.